The summed E-state index contributed by atoms with van der Waals surface area (Å²) in [6.07, 6.45) is 3.76. The zero-order valence-corrected chi connectivity index (χ0v) is 9.96. The number of nitrogens with zero attached hydrogens (tertiary/aromatic N) is 1. The monoisotopic (exact) mass is 233 g/mol. The fraction of sp³-hybridized carbons (Fsp3) is 0.900. The molecule has 15 heavy (non-hydrogen) atoms. The van der Waals surface area contributed by atoms with E-state index in [4.69, 9.17) is 9.84 Å². The normalized spacial score (nSPS) is 20.1. The Morgan fingerprint density at radius 1 is 1.53 bits per heavy atom. The van der Waals surface area contributed by atoms with E-state index in [-0.39, 0.29) is 6.04 Å². The number of morpholine rings is 1. The van der Waals surface area contributed by atoms with Crippen molar-refractivity contribution in [2.24, 2.45) is 0 Å². The van der Waals surface area contributed by atoms with Gasteiger partial charge in [-0.15, -0.1) is 0 Å². The second kappa shape index (κ2) is 7.09. The molecular formula is C10H19NO3S. The third kappa shape index (κ3) is 4.40. The lowest BCUT2D eigenvalue weighted by atomic mass is 10.1. The molecule has 0 aromatic carbocycles. The van der Waals surface area contributed by atoms with E-state index in [1.807, 2.05) is 11.2 Å². The van der Waals surface area contributed by atoms with Crippen LogP contribution < -0.4 is 0 Å². The van der Waals surface area contributed by atoms with Crippen LogP contribution in [0, 0.1) is 0 Å². The standard InChI is InChI=1S/C10H19NO3S/c1-15-8-2-3-9(10(12)13)11-4-6-14-7-5-11/h9H,2-8H2,1H3,(H,12,13). The second-order valence-corrected chi connectivity index (χ2v) is 4.62. The summed E-state index contributed by atoms with van der Waals surface area (Å²) in [5, 5.41) is 9.14. The van der Waals surface area contributed by atoms with Gasteiger partial charge in [0.25, 0.3) is 0 Å². The molecule has 0 spiro atoms. The summed E-state index contributed by atoms with van der Waals surface area (Å²) in [7, 11) is 0. The van der Waals surface area contributed by atoms with E-state index < -0.39 is 5.97 Å². The summed E-state index contributed by atoms with van der Waals surface area (Å²) in [5.41, 5.74) is 0. The number of aliphatic carboxylic acids is 1. The van der Waals surface area contributed by atoms with Crippen LogP contribution in [0.4, 0.5) is 0 Å². The van der Waals surface area contributed by atoms with Gasteiger partial charge in [0, 0.05) is 13.1 Å². The number of ether oxygens (including phenoxy) is 1. The molecule has 0 aliphatic carbocycles. The Labute approximate surface area is 95.0 Å². The Morgan fingerprint density at radius 3 is 2.73 bits per heavy atom. The lowest BCUT2D eigenvalue weighted by molar-refractivity contribution is -0.145. The molecule has 1 aliphatic heterocycles. The molecule has 1 unspecified atom stereocenters. The Hall–Kier alpha value is -0.260. The fourth-order valence-corrected chi connectivity index (χ4v) is 2.23. The number of carboxylic acids is 1. The van der Waals surface area contributed by atoms with Gasteiger partial charge in [-0.2, -0.15) is 11.8 Å². The highest BCUT2D eigenvalue weighted by molar-refractivity contribution is 7.98. The van der Waals surface area contributed by atoms with Gasteiger partial charge in [0.05, 0.1) is 13.2 Å². The van der Waals surface area contributed by atoms with Crippen LogP contribution in [-0.2, 0) is 9.53 Å². The molecule has 4 nitrogen and oxygen atoms in total. The molecule has 88 valence electrons. The van der Waals surface area contributed by atoms with Gasteiger partial charge < -0.3 is 9.84 Å². The van der Waals surface area contributed by atoms with Crippen molar-refractivity contribution < 1.29 is 14.6 Å². The minimum absolute atomic E-state index is 0.318. The third-order valence-electron chi connectivity index (χ3n) is 2.60. The summed E-state index contributed by atoms with van der Waals surface area (Å²) in [4.78, 5) is 13.1. The van der Waals surface area contributed by atoms with E-state index >= 15 is 0 Å². The van der Waals surface area contributed by atoms with Crippen molar-refractivity contribution in [3.05, 3.63) is 0 Å². The molecule has 0 amide bonds. The van der Waals surface area contributed by atoms with Gasteiger partial charge in [-0.1, -0.05) is 0 Å². The lowest BCUT2D eigenvalue weighted by Gasteiger charge is -2.31. The van der Waals surface area contributed by atoms with Gasteiger partial charge in [0.15, 0.2) is 0 Å². The molecule has 1 fully saturated rings. The maximum absolute atomic E-state index is 11.1. The first-order valence-electron chi connectivity index (χ1n) is 5.29. The molecule has 1 atom stereocenters. The molecule has 1 saturated heterocycles. The first-order valence-corrected chi connectivity index (χ1v) is 6.68. The highest BCUT2D eigenvalue weighted by Crippen LogP contribution is 2.12. The minimum atomic E-state index is -0.696. The van der Waals surface area contributed by atoms with Crippen molar-refractivity contribution >= 4 is 17.7 Å². The molecule has 0 aromatic rings. The van der Waals surface area contributed by atoms with Crippen LogP contribution in [-0.4, -0.2) is 60.3 Å². The van der Waals surface area contributed by atoms with Crippen LogP contribution >= 0.6 is 11.8 Å². The number of thioether (sulfide) groups is 1. The highest BCUT2D eigenvalue weighted by atomic mass is 32.2. The Bertz CT molecular complexity index is 195. The van der Waals surface area contributed by atoms with Gasteiger partial charge in [-0.3, -0.25) is 9.69 Å². The lowest BCUT2D eigenvalue weighted by Crippen LogP contribution is -2.47. The summed E-state index contributed by atoms with van der Waals surface area (Å²) < 4.78 is 5.22. The number of carboxylic acid groups (broad SMARTS) is 1. The average molecular weight is 233 g/mol. The summed E-state index contributed by atoms with van der Waals surface area (Å²) in [5.74, 6) is 0.340. The van der Waals surface area contributed by atoms with Crippen LogP contribution in [0.2, 0.25) is 0 Å². The van der Waals surface area contributed by atoms with Crippen LogP contribution in [0.5, 0.6) is 0 Å². The molecule has 0 radical (unpaired) electrons. The molecule has 1 rings (SSSR count). The smallest absolute Gasteiger partial charge is 0.320 e. The van der Waals surface area contributed by atoms with E-state index in [2.05, 4.69) is 0 Å². The van der Waals surface area contributed by atoms with Crippen LogP contribution in [0.25, 0.3) is 0 Å². The van der Waals surface area contributed by atoms with Gasteiger partial charge >= 0.3 is 5.97 Å². The van der Waals surface area contributed by atoms with E-state index in [1.165, 1.54) is 0 Å². The topological polar surface area (TPSA) is 49.8 Å². The van der Waals surface area contributed by atoms with E-state index in [0.717, 1.165) is 31.7 Å². The molecule has 1 aliphatic rings. The molecule has 0 aromatic heterocycles. The van der Waals surface area contributed by atoms with Crippen molar-refractivity contribution in [1.82, 2.24) is 4.90 Å². The predicted molar refractivity (Wildman–Crippen MR) is 61.4 cm³/mol. The van der Waals surface area contributed by atoms with E-state index in [9.17, 15) is 4.79 Å². The SMILES string of the molecule is CSCCCC(C(=O)O)N1CCOCC1. The van der Waals surface area contributed by atoms with Crippen molar-refractivity contribution in [1.29, 1.82) is 0 Å². The average Bonchev–Trinajstić information content (AvgIpc) is 2.25. The summed E-state index contributed by atoms with van der Waals surface area (Å²) >= 11 is 1.77. The molecule has 5 heteroatoms. The minimum Gasteiger partial charge on any atom is -0.480 e. The zero-order valence-electron chi connectivity index (χ0n) is 9.15. The number of rotatable bonds is 6. The molecule has 1 N–H and O–H groups in total. The molecule has 0 saturated carbocycles. The van der Waals surface area contributed by atoms with Crippen LogP contribution in [0.3, 0.4) is 0 Å². The number of carbonyl (C=O) groups is 1. The fourth-order valence-electron chi connectivity index (χ4n) is 1.77. The van der Waals surface area contributed by atoms with Gasteiger partial charge in [0.2, 0.25) is 0 Å². The quantitative estimate of drug-likeness (QED) is 0.691. The van der Waals surface area contributed by atoms with Crippen LogP contribution in [0.1, 0.15) is 12.8 Å². The van der Waals surface area contributed by atoms with Crippen LogP contribution in [0.15, 0.2) is 0 Å². The third-order valence-corrected chi connectivity index (χ3v) is 3.29. The number of hydrogen-bond acceptors (Lipinski definition) is 4. The second-order valence-electron chi connectivity index (χ2n) is 3.64. The van der Waals surface area contributed by atoms with Crippen molar-refractivity contribution in [2.45, 2.75) is 18.9 Å². The molecular weight excluding hydrogens is 214 g/mol. The molecule has 0 bridgehead atoms. The van der Waals surface area contributed by atoms with Gasteiger partial charge in [0.1, 0.15) is 6.04 Å². The first-order chi connectivity index (χ1) is 7.25. The van der Waals surface area contributed by atoms with Gasteiger partial charge in [-0.05, 0) is 24.9 Å². The zero-order chi connectivity index (χ0) is 11.1. The maximum Gasteiger partial charge on any atom is 0.320 e. The number of hydrogen-bond donors (Lipinski definition) is 1. The Kier molecular flexibility index (Phi) is 6.05. The van der Waals surface area contributed by atoms with Gasteiger partial charge in [-0.25, -0.2) is 0 Å². The Morgan fingerprint density at radius 2 is 2.20 bits per heavy atom. The Balaban J connectivity index is 2.37. The summed E-state index contributed by atoms with van der Waals surface area (Å²) in [6.45, 7) is 2.81. The predicted octanol–water partition coefficient (Wildman–Crippen LogP) is 0.915. The molecule has 1 heterocycles. The largest absolute Gasteiger partial charge is 0.480 e. The van der Waals surface area contributed by atoms with Crippen molar-refractivity contribution in [3.63, 3.8) is 0 Å². The maximum atomic E-state index is 11.1. The summed E-state index contributed by atoms with van der Waals surface area (Å²) in [6, 6.07) is -0.318. The van der Waals surface area contributed by atoms with Crippen molar-refractivity contribution in [2.75, 3.05) is 38.3 Å². The van der Waals surface area contributed by atoms with E-state index in [1.54, 1.807) is 11.8 Å². The van der Waals surface area contributed by atoms with E-state index in [0.29, 0.717) is 13.2 Å². The first kappa shape index (κ1) is 12.8. The highest BCUT2D eigenvalue weighted by Gasteiger charge is 2.26. The van der Waals surface area contributed by atoms with Crippen molar-refractivity contribution in [3.8, 4) is 0 Å².